The molecule has 2 aliphatic rings. The molecule has 3 atom stereocenters. The van der Waals surface area contributed by atoms with Crippen LogP contribution in [0.4, 0.5) is 4.79 Å². The van der Waals surface area contributed by atoms with E-state index in [1.54, 1.807) is 0 Å². The molecule has 0 heterocycles. The Balaban J connectivity index is 1.23. The number of aliphatic carboxylic acids is 1. The Bertz CT molecular complexity index is 1010. The second-order valence-electron chi connectivity index (χ2n) is 9.42. The molecule has 0 aromatic heterocycles. The summed E-state index contributed by atoms with van der Waals surface area (Å²) in [5.74, 6) is -1.66. The van der Waals surface area contributed by atoms with Crippen molar-refractivity contribution in [2.45, 2.75) is 51.0 Å². The SMILES string of the molecule is CC(CNC(=O)OCC1c2ccccc2-c2ccccc21)CC(=O)NC1CCCCC1C(=O)O. The first-order chi connectivity index (χ1) is 16.4. The van der Waals surface area contributed by atoms with Crippen molar-refractivity contribution in [2.75, 3.05) is 13.2 Å². The Morgan fingerprint density at radius 1 is 1.00 bits per heavy atom. The normalized spacial score (nSPS) is 20.0. The summed E-state index contributed by atoms with van der Waals surface area (Å²) in [5, 5.41) is 15.0. The first-order valence-electron chi connectivity index (χ1n) is 12.0. The van der Waals surface area contributed by atoms with Gasteiger partial charge in [0.15, 0.2) is 0 Å². The fourth-order valence-electron chi connectivity index (χ4n) is 5.16. The summed E-state index contributed by atoms with van der Waals surface area (Å²) in [5.41, 5.74) is 4.66. The van der Waals surface area contributed by atoms with Gasteiger partial charge in [-0.15, -0.1) is 0 Å². The van der Waals surface area contributed by atoms with E-state index in [4.69, 9.17) is 4.74 Å². The standard InChI is InChI=1S/C27H32N2O5/c1-17(14-25(30)29-24-13-7-6-12-22(24)26(31)32)15-28-27(33)34-16-23-20-10-4-2-8-18(20)19-9-3-5-11-21(19)23/h2-5,8-11,17,22-24H,6-7,12-16H2,1H3,(H,28,33)(H,29,30)(H,31,32). The van der Waals surface area contributed by atoms with Gasteiger partial charge >= 0.3 is 12.1 Å². The molecule has 1 saturated carbocycles. The number of alkyl carbamates (subject to hydrolysis) is 1. The van der Waals surface area contributed by atoms with Gasteiger partial charge in [0.1, 0.15) is 6.61 Å². The molecule has 4 rings (SSSR count). The summed E-state index contributed by atoms with van der Waals surface area (Å²) in [6.45, 7) is 2.42. The second-order valence-corrected chi connectivity index (χ2v) is 9.42. The van der Waals surface area contributed by atoms with E-state index >= 15 is 0 Å². The number of amides is 2. The molecule has 2 aliphatic carbocycles. The summed E-state index contributed by atoms with van der Waals surface area (Å²) < 4.78 is 5.54. The molecule has 1 fully saturated rings. The van der Waals surface area contributed by atoms with Crippen molar-refractivity contribution >= 4 is 18.0 Å². The highest BCUT2D eigenvalue weighted by Crippen LogP contribution is 2.44. The van der Waals surface area contributed by atoms with Gasteiger partial charge in [0.25, 0.3) is 0 Å². The van der Waals surface area contributed by atoms with E-state index in [-0.39, 0.29) is 36.8 Å². The van der Waals surface area contributed by atoms with Gasteiger partial charge in [-0.05, 0) is 41.0 Å². The van der Waals surface area contributed by atoms with Crippen molar-refractivity contribution in [1.29, 1.82) is 0 Å². The summed E-state index contributed by atoms with van der Waals surface area (Å²) in [4.78, 5) is 36.2. The number of fused-ring (bicyclic) bond motifs is 3. The Kier molecular flexibility index (Phi) is 7.50. The monoisotopic (exact) mass is 464 g/mol. The van der Waals surface area contributed by atoms with Crippen molar-refractivity contribution in [3.05, 3.63) is 59.7 Å². The molecule has 0 saturated heterocycles. The van der Waals surface area contributed by atoms with E-state index in [1.807, 2.05) is 31.2 Å². The molecule has 3 unspecified atom stereocenters. The molecule has 3 N–H and O–H groups in total. The molecule has 2 aromatic rings. The quantitative estimate of drug-likeness (QED) is 0.540. The number of benzene rings is 2. The third-order valence-corrected chi connectivity index (χ3v) is 6.90. The van der Waals surface area contributed by atoms with Gasteiger partial charge < -0.3 is 20.5 Å². The lowest BCUT2D eigenvalue weighted by Gasteiger charge is -2.29. The van der Waals surface area contributed by atoms with Crippen LogP contribution in [0.5, 0.6) is 0 Å². The van der Waals surface area contributed by atoms with Crippen LogP contribution in [-0.2, 0) is 14.3 Å². The number of rotatable bonds is 8. The largest absolute Gasteiger partial charge is 0.481 e. The van der Waals surface area contributed by atoms with Gasteiger partial charge in [0, 0.05) is 24.9 Å². The molecule has 180 valence electrons. The molecule has 7 heteroatoms. The zero-order chi connectivity index (χ0) is 24.1. The average Bonchev–Trinajstić information content (AvgIpc) is 3.15. The van der Waals surface area contributed by atoms with Crippen LogP contribution in [0.25, 0.3) is 11.1 Å². The lowest BCUT2D eigenvalue weighted by molar-refractivity contribution is -0.144. The first-order valence-corrected chi connectivity index (χ1v) is 12.0. The summed E-state index contributed by atoms with van der Waals surface area (Å²) >= 11 is 0. The summed E-state index contributed by atoms with van der Waals surface area (Å²) in [6.07, 6.45) is 2.80. The molecular formula is C27H32N2O5. The number of hydrogen-bond donors (Lipinski definition) is 3. The third kappa shape index (κ3) is 5.41. The Hall–Kier alpha value is -3.35. The molecule has 0 bridgehead atoms. The highest BCUT2D eigenvalue weighted by molar-refractivity contribution is 5.79. The maximum Gasteiger partial charge on any atom is 0.407 e. The maximum absolute atomic E-state index is 12.4. The number of carbonyl (C=O) groups is 3. The number of ether oxygens (including phenoxy) is 1. The van der Waals surface area contributed by atoms with Crippen LogP contribution in [0.2, 0.25) is 0 Å². The second kappa shape index (κ2) is 10.7. The highest BCUT2D eigenvalue weighted by Gasteiger charge is 2.32. The van der Waals surface area contributed by atoms with E-state index in [0.717, 1.165) is 24.0 Å². The predicted octanol–water partition coefficient (Wildman–Crippen LogP) is 4.31. The lowest BCUT2D eigenvalue weighted by Crippen LogP contribution is -2.45. The summed E-state index contributed by atoms with van der Waals surface area (Å²) in [7, 11) is 0. The van der Waals surface area contributed by atoms with Crippen LogP contribution in [0, 0.1) is 11.8 Å². The molecule has 0 aliphatic heterocycles. The van der Waals surface area contributed by atoms with Gasteiger partial charge in [-0.2, -0.15) is 0 Å². The van der Waals surface area contributed by atoms with Crippen molar-refractivity contribution in [3.8, 4) is 11.1 Å². The Morgan fingerprint density at radius 3 is 2.26 bits per heavy atom. The summed E-state index contributed by atoms with van der Waals surface area (Å²) in [6, 6.07) is 16.0. The van der Waals surface area contributed by atoms with E-state index in [0.29, 0.717) is 19.4 Å². The minimum atomic E-state index is -0.852. The van der Waals surface area contributed by atoms with Crippen LogP contribution in [0.3, 0.4) is 0 Å². The fraction of sp³-hybridized carbons (Fsp3) is 0.444. The Labute approximate surface area is 199 Å². The number of hydrogen-bond acceptors (Lipinski definition) is 4. The molecule has 0 spiro atoms. The van der Waals surface area contributed by atoms with Crippen molar-refractivity contribution < 1.29 is 24.2 Å². The minimum absolute atomic E-state index is 0.000902. The van der Waals surface area contributed by atoms with Crippen molar-refractivity contribution in [3.63, 3.8) is 0 Å². The van der Waals surface area contributed by atoms with Gasteiger partial charge in [-0.25, -0.2) is 4.79 Å². The first kappa shape index (κ1) is 23.8. The number of carboxylic acids is 1. The van der Waals surface area contributed by atoms with E-state index in [1.165, 1.54) is 11.1 Å². The number of carboxylic acid groups (broad SMARTS) is 1. The molecular weight excluding hydrogens is 432 g/mol. The minimum Gasteiger partial charge on any atom is -0.481 e. The molecule has 34 heavy (non-hydrogen) atoms. The highest BCUT2D eigenvalue weighted by atomic mass is 16.5. The smallest absolute Gasteiger partial charge is 0.407 e. The van der Waals surface area contributed by atoms with Crippen LogP contribution in [0.15, 0.2) is 48.5 Å². The third-order valence-electron chi connectivity index (χ3n) is 6.90. The zero-order valence-corrected chi connectivity index (χ0v) is 19.5. The molecule has 2 amide bonds. The zero-order valence-electron chi connectivity index (χ0n) is 19.5. The molecule has 7 nitrogen and oxygen atoms in total. The Morgan fingerprint density at radius 2 is 1.62 bits per heavy atom. The van der Waals surface area contributed by atoms with Gasteiger partial charge in [-0.3, -0.25) is 9.59 Å². The van der Waals surface area contributed by atoms with Crippen LogP contribution >= 0.6 is 0 Å². The number of nitrogens with one attached hydrogen (secondary N) is 2. The van der Waals surface area contributed by atoms with Crippen molar-refractivity contribution in [1.82, 2.24) is 10.6 Å². The molecule has 2 aromatic carbocycles. The van der Waals surface area contributed by atoms with Crippen LogP contribution in [0.1, 0.15) is 56.1 Å². The molecule has 0 radical (unpaired) electrons. The lowest BCUT2D eigenvalue weighted by atomic mass is 9.84. The average molecular weight is 465 g/mol. The number of carbonyl (C=O) groups excluding carboxylic acids is 2. The van der Waals surface area contributed by atoms with Gasteiger partial charge in [0.05, 0.1) is 5.92 Å². The maximum atomic E-state index is 12.4. The van der Waals surface area contributed by atoms with Gasteiger partial charge in [0.2, 0.25) is 5.91 Å². The van der Waals surface area contributed by atoms with Crippen molar-refractivity contribution in [2.24, 2.45) is 11.8 Å². The van der Waals surface area contributed by atoms with E-state index in [9.17, 15) is 19.5 Å². The topological polar surface area (TPSA) is 105 Å². The van der Waals surface area contributed by atoms with Gasteiger partial charge in [-0.1, -0.05) is 68.3 Å². The van der Waals surface area contributed by atoms with E-state index < -0.39 is 18.0 Å². The van der Waals surface area contributed by atoms with Crippen LogP contribution in [-0.4, -0.2) is 42.3 Å². The van der Waals surface area contributed by atoms with Crippen LogP contribution < -0.4 is 10.6 Å². The predicted molar refractivity (Wildman–Crippen MR) is 128 cm³/mol. The fourth-order valence-corrected chi connectivity index (χ4v) is 5.16. The van der Waals surface area contributed by atoms with E-state index in [2.05, 4.69) is 34.9 Å².